The third kappa shape index (κ3) is 3.01. The molecule has 0 atom stereocenters. The Hall–Kier alpha value is -2.49. The van der Waals surface area contributed by atoms with E-state index >= 15 is 0 Å². The Morgan fingerprint density at radius 1 is 1.61 bits per heavy atom. The van der Waals surface area contributed by atoms with Crippen LogP contribution in [0.5, 0.6) is 0 Å². The maximum absolute atomic E-state index is 13.7. The van der Waals surface area contributed by atoms with E-state index in [9.17, 15) is 19.3 Å². The van der Waals surface area contributed by atoms with Crippen molar-refractivity contribution < 1.29 is 18.8 Å². The summed E-state index contributed by atoms with van der Waals surface area (Å²) in [6.07, 6.45) is -0.448. The first-order valence-electron chi connectivity index (χ1n) is 5.02. The molecule has 1 rings (SSSR count). The molecule has 94 valence electrons. The zero-order valence-electron chi connectivity index (χ0n) is 9.47. The van der Waals surface area contributed by atoms with Crippen molar-refractivity contribution in [1.29, 1.82) is 5.26 Å². The minimum absolute atomic E-state index is 0.125. The van der Waals surface area contributed by atoms with Crippen LogP contribution in [0.1, 0.15) is 18.1 Å². The lowest BCUT2D eigenvalue weighted by molar-refractivity contribution is -0.385. The average molecular weight is 252 g/mol. The first-order chi connectivity index (χ1) is 8.49. The summed E-state index contributed by atoms with van der Waals surface area (Å²) in [6.45, 7) is 1.71. The summed E-state index contributed by atoms with van der Waals surface area (Å²) < 4.78 is 18.3. The lowest BCUT2D eigenvalue weighted by atomic mass is 10.1. The van der Waals surface area contributed by atoms with Gasteiger partial charge in [0.15, 0.2) is 0 Å². The number of rotatable bonds is 4. The number of carbonyl (C=O) groups is 1. The predicted molar refractivity (Wildman–Crippen MR) is 58.1 cm³/mol. The van der Waals surface area contributed by atoms with E-state index in [4.69, 9.17) is 5.26 Å². The molecule has 1 aromatic rings. The molecule has 0 N–H and O–H groups in total. The second-order valence-electron chi connectivity index (χ2n) is 3.32. The van der Waals surface area contributed by atoms with Gasteiger partial charge in [0, 0.05) is 17.7 Å². The molecule has 18 heavy (non-hydrogen) atoms. The molecule has 0 heterocycles. The fourth-order valence-corrected chi connectivity index (χ4v) is 1.35. The fourth-order valence-electron chi connectivity index (χ4n) is 1.35. The molecule has 0 amide bonds. The van der Waals surface area contributed by atoms with Crippen molar-refractivity contribution in [2.75, 3.05) is 6.61 Å². The normalized spacial score (nSPS) is 9.61. The van der Waals surface area contributed by atoms with Crippen LogP contribution in [0.4, 0.5) is 10.1 Å². The highest BCUT2D eigenvalue weighted by molar-refractivity contribution is 5.73. The van der Waals surface area contributed by atoms with Gasteiger partial charge in [0.25, 0.3) is 5.69 Å². The largest absolute Gasteiger partial charge is 0.466 e. The zero-order chi connectivity index (χ0) is 13.7. The Labute approximate surface area is 102 Å². The molecule has 0 fully saturated rings. The number of nitriles is 1. The second kappa shape index (κ2) is 5.72. The highest BCUT2D eigenvalue weighted by Gasteiger charge is 2.18. The van der Waals surface area contributed by atoms with E-state index in [1.165, 1.54) is 6.07 Å². The zero-order valence-corrected chi connectivity index (χ0v) is 9.47. The molecule has 7 heteroatoms. The lowest BCUT2D eigenvalue weighted by Crippen LogP contribution is -2.10. The van der Waals surface area contributed by atoms with Gasteiger partial charge < -0.3 is 4.74 Å². The standard InChI is InChI=1S/C11H9FN2O4/c1-2-18-10(15)5-7-3-9(14(16)17)4-8(6-13)11(7)12/h3-4H,2,5H2,1H3. The van der Waals surface area contributed by atoms with Gasteiger partial charge in [-0.3, -0.25) is 14.9 Å². The van der Waals surface area contributed by atoms with Gasteiger partial charge in [0.05, 0.1) is 23.5 Å². The van der Waals surface area contributed by atoms with Crippen molar-refractivity contribution in [2.45, 2.75) is 13.3 Å². The molecule has 1 aromatic carbocycles. The van der Waals surface area contributed by atoms with E-state index in [2.05, 4.69) is 4.74 Å². The minimum Gasteiger partial charge on any atom is -0.466 e. The van der Waals surface area contributed by atoms with Gasteiger partial charge in [0.2, 0.25) is 0 Å². The van der Waals surface area contributed by atoms with Gasteiger partial charge in [-0.25, -0.2) is 4.39 Å². The number of esters is 1. The van der Waals surface area contributed by atoms with Gasteiger partial charge in [-0.05, 0) is 6.92 Å². The Morgan fingerprint density at radius 3 is 2.78 bits per heavy atom. The van der Waals surface area contributed by atoms with Crippen molar-refractivity contribution in [1.82, 2.24) is 0 Å². The van der Waals surface area contributed by atoms with Crippen LogP contribution in [0.2, 0.25) is 0 Å². The van der Waals surface area contributed by atoms with E-state index < -0.39 is 34.4 Å². The van der Waals surface area contributed by atoms with E-state index in [1.54, 1.807) is 6.92 Å². The van der Waals surface area contributed by atoms with Crippen molar-refractivity contribution in [2.24, 2.45) is 0 Å². The first-order valence-corrected chi connectivity index (χ1v) is 5.02. The van der Waals surface area contributed by atoms with Crippen LogP contribution in [0, 0.1) is 27.3 Å². The smallest absolute Gasteiger partial charge is 0.310 e. The third-order valence-electron chi connectivity index (χ3n) is 2.10. The Morgan fingerprint density at radius 2 is 2.28 bits per heavy atom. The molecule has 0 saturated heterocycles. The van der Waals surface area contributed by atoms with Crippen LogP contribution in [0.25, 0.3) is 0 Å². The number of nitro benzene ring substituents is 1. The monoisotopic (exact) mass is 252 g/mol. The van der Waals surface area contributed by atoms with Crippen molar-refractivity contribution in [3.8, 4) is 6.07 Å². The third-order valence-corrected chi connectivity index (χ3v) is 2.10. The molecular formula is C11H9FN2O4. The van der Waals surface area contributed by atoms with Crippen LogP contribution in [0.3, 0.4) is 0 Å². The first kappa shape index (κ1) is 13.6. The minimum atomic E-state index is -0.934. The molecule has 0 aliphatic heterocycles. The van der Waals surface area contributed by atoms with E-state index in [0.29, 0.717) is 0 Å². The molecule has 0 radical (unpaired) electrons. The molecule has 0 unspecified atom stereocenters. The lowest BCUT2D eigenvalue weighted by Gasteiger charge is -2.04. The number of ether oxygens (including phenoxy) is 1. The summed E-state index contributed by atoms with van der Waals surface area (Å²) in [5.41, 5.74) is -1.13. The topological polar surface area (TPSA) is 93.2 Å². The number of hydrogen-bond acceptors (Lipinski definition) is 5. The molecular weight excluding hydrogens is 243 g/mol. The van der Waals surface area contributed by atoms with Crippen LogP contribution in [0.15, 0.2) is 12.1 Å². The number of carbonyl (C=O) groups excluding carboxylic acids is 1. The van der Waals surface area contributed by atoms with E-state index in [0.717, 1.165) is 12.1 Å². The Balaban J connectivity index is 3.18. The van der Waals surface area contributed by atoms with Crippen LogP contribution in [-0.2, 0) is 16.0 Å². The summed E-state index contributed by atoms with van der Waals surface area (Å²) in [6, 6.07) is 3.25. The summed E-state index contributed by atoms with van der Waals surface area (Å²) in [5.74, 6) is -1.64. The predicted octanol–water partition coefficient (Wildman–Crippen LogP) is 1.71. The van der Waals surface area contributed by atoms with Gasteiger partial charge in [0.1, 0.15) is 11.9 Å². The van der Waals surface area contributed by atoms with Crippen LogP contribution < -0.4 is 0 Å². The van der Waals surface area contributed by atoms with Gasteiger partial charge in [-0.15, -0.1) is 0 Å². The SMILES string of the molecule is CCOC(=O)Cc1cc([N+](=O)[O-])cc(C#N)c1F. The summed E-state index contributed by atoms with van der Waals surface area (Å²) in [5, 5.41) is 19.3. The molecule has 0 bridgehead atoms. The molecule has 0 saturated carbocycles. The molecule has 0 aliphatic rings. The number of nitro groups is 1. The Kier molecular flexibility index (Phi) is 4.32. The van der Waals surface area contributed by atoms with E-state index in [1.807, 2.05) is 0 Å². The molecule has 6 nitrogen and oxygen atoms in total. The quantitative estimate of drug-likeness (QED) is 0.462. The highest BCUT2D eigenvalue weighted by atomic mass is 19.1. The van der Waals surface area contributed by atoms with Crippen molar-refractivity contribution >= 4 is 11.7 Å². The second-order valence-corrected chi connectivity index (χ2v) is 3.32. The van der Waals surface area contributed by atoms with Gasteiger partial charge in [-0.2, -0.15) is 5.26 Å². The van der Waals surface area contributed by atoms with E-state index in [-0.39, 0.29) is 12.2 Å². The highest BCUT2D eigenvalue weighted by Crippen LogP contribution is 2.21. The number of nitrogens with zero attached hydrogens (tertiary/aromatic N) is 2. The maximum Gasteiger partial charge on any atom is 0.310 e. The van der Waals surface area contributed by atoms with Gasteiger partial charge in [-0.1, -0.05) is 0 Å². The maximum atomic E-state index is 13.7. The number of halogens is 1. The fraction of sp³-hybridized carbons (Fsp3) is 0.273. The molecule has 0 aromatic heterocycles. The van der Waals surface area contributed by atoms with Crippen molar-refractivity contribution in [3.05, 3.63) is 39.2 Å². The summed E-state index contributed by atoms with van der Waals surface area (Å²) in [7, 11) is 0. The number of hydrogen-bond donors (Lipinski definition) is 0. The van der Waals surface area contributed by atoms with Crippen molar-refractivity contribution in [3.63, 3.8) is 0 Å². The van der Waals surface area contributed by atoms with Crippen LogP contribution >= 0.6 is 0 Å². The molecule has 0 spiro atoms. The number of benzene rings is 1. The van der Waals surface area contributed by atoms with Crippen LogP contribution in [-0.4, -0.2) is 17.5 Å². The van der Waals surface area contributed by atoms with Gasteiger partial charge >= 0.3 is 5.97 Å². The number of non-ortho nitro benzene ring substituents is 1. The molecule has 0 aliphatic carbocycles. The average Bonchev–Trinajstić information content (AvgIpc) is 2.31. The summed E-state index contributed by atoms with van der Waals surface area (Å²) >= 11 is 0. The summed E-state index contributed by atoms with van der Waals surface area (Å²) in [4.78, 5) is 21.1. The Bertz CT molecular complexity index is 537.